The molecule has 0 aliphatic carbocycles. The second kappa shape index (κ2) is 3.62. The van der Waals surface area contributed by atoms with Crippen LogP contribution < -0.4 is 10.1 Å². The molecule has 0 aromatic heterocycles. The number of benzene rings is 1. The lowest BCUT2D eigenvalue weighted by Crippen LogP contribution is -2.29. The summed E-state index contributed by atoms with van der Waals surface area (Å²) in [5.41, 5.74) is 1.32. The molecule has 1 N–H and O–H groups in total. The fraction of sp³-hybridized carbons (Fsp3) is 0.273. The maximum Gasteiger partial charge on any atom is 0.159 e. The number of ether oxygens (including phenoxy) is 1. The summed E-state index contributed by atoms with van der Waals surface area (Å²) in [6, 6.07) is 6.89. The predicted molar refractivity (Wildman–Crippen MR) is 55.0 cm³/mol. The molecule has 1 aromatic rings. The van der Waals surface area contributed by atoms with Gasteiger partial charge in [-0.25, -0.2) is 0 Å². The van der Waals surface area contributed by atoms with E-state index in [1.807, 2.05) is 0 Å². The van der Waals surface area contributed by atoms with E-state index in [2.05, 4.69) is 11.4 Å². The van der Waals surface area contributed by atoms with Gasteiger partial charge in [0, 0.05) is 5.56 Å². The van der Waals surface area contributed by atoms with Crippen LogP contribution in [0.2, 0.25) is 0 Å². The van der Waals surface area contributed by atoms with Crippen LogP contribution in [-0.4, -0.2) is 18.4 Å². The second-order valence-corrected chi connectivity index (χ2v) is 3.40. The van der Waals surface area contributed by atoms with Gasteiger partial charge in [0.15, 0.2) is 5.78 Å². The Hall–Kier alpha value is -2.02. The van der Waals surface area contributed by atoms with Gasteiger partial charge in [0.2, 0.25) is 0 Å². The Balaban J connectivity index is 2.35. The third kappa shape index (κ3) is 1.77. The molecule has 0 amide bonds. The molecule has 1 aliphatic rings. The number of anilines is 1. The van der Waals surface area contributed by atoms with Crippen LogP contribution in [0.1, 0.15) is 17.3 Å². The largest absolute Gasteiger partial charge is 0.488 e. The molecule has 0 saturated carbocycles. The Labute approximate surface area is 87.5 Å². The summed E-state index contributed by atoms with van der Waals surface area (Å²) >= 11 is 0. The van der Waals surface area contributed by atoms with E-state index in [9.17, 15) is 4.79 Å². The molecule has 76 valence electrons. The Morgan fingerprint density at radius 3 is 3.13 bits per heavy atom. The number of nitrogens with zero attached hydrogens (tertiary/aromatic N) is 1. The highest BCUT2D eigenvalue weighted by Gasteiger charge is 2.18. The average molecular weight is 202 g/mol. The number of hydrogen-bond donors (Lipinski definition) is 1. The van der Waals surface area contributed by atoms with Crippen molar-refractivity contribution in [1.29, 1.82) is 5.26 Å². The molecule has 0 fully saturated rings. The van der Waals surface area contributed by atoms with Gasteiger partial charge >= 0.3 is 0 Å². The monoisotopic (exact) mass is 202 g/mol. The smallest absolute Gasteiger partial charge is 0.159 e. The SMILES string of the molecule is CC(=O)c1ccc2c(c1)NC(C#N)CO2. The van der Waals surface area contributed by atoms with Gasteiger partial charge in [-0.05, 0) is 25.1 Å². The van der Waals surface area contributed by atoms with Crippen LogP contribution in [-0.2, 0) is 0 Å². The molecule has 0 spiro atoms. The molecule has 0 bridgehead atoms. The van der Waals surface area contributed by atoms with E-state index in [1.54, 1.807) is 18.2 Å². The van der Waals surface area contributed by atoms with Crippen molar-refractivity contribution in [3.05, 3.63) is 23.8 Å². The molecule has 1 aliphatic heterocycles. The van der Waals surface area contributed by atoms with Crippen LogP contribution in [0, 0.1) is 11.3 Å². The number of hydrogen-bond acceptors (Lipinski definition) is 4. The zero-order chi connectivity index (χ0) is 10.8. The summed E-state index contributed by atoms with van der Waals surface area (Å²) in [7, 11) is 0. The number of Topliss-reactive ketones (excluding diaryl/α,β-unsaturated/α-hetero) is 1. The number of nitrogens with one attached hydrogen (secondary N) is 1. The van der Waals surface area contributed by atoms with Crippen LogP contribution in [0.5, 0.6) is 5.75 Å². The first-order valence-corrected chi connectivity index (χ1v) is 4.64. The normalized spacial score (nSPS) is 18.0. The number of fused-ring (bicyclic) bond motifs is 1. The van der Waals surface area contributed by atoms with E-state index < -0.39 is 0 Å². The maximum atomic E-state index is 11.1. The van der Waals surface area contributed by atoms with Crippen LogP contribution in [0.4, 0.5) is 5.69 Å². The average Bonchev–Trinajstić information content (AvgIpc) is 2.27. The first-order valence-electron chi connectivity index (χ1n) is 4.64. The van der Waals surface area contributed by atoms with E-state index in [0.717, 1.165) is 0 Å². The number of nitriles is 1. The molecule has 4 nitrogen and oxygen atoms in total. The number of rotatable bonds is 1. The van der Waals surface area contributed by atoms with Crippen LogP contribution in [0.15, 0.2) is 18.2 Å². The second-order valence-electron chi connectivity index (χ2n) is 3.40. The minimum atomic E-state index is -0.347. The van der Waals surface area contributed by atoms with Crippen molar-refractivity contribution in [1.82, 2.24) is 0 Å². The molecular formula is C11H10N2O2. The van der Waals surface area contributed by atoms with Crippen LogP contribution in [0.25, 0.3) is 0 Å². The molecular weight excluding hydrogens is 192 g/mol. The molecule has 1 aromatic carbocycles. The summed E-state index contributed by atoms with van der Waals surface area (Å²) < 4.78 is 5.37. The Morgan fingerprint density at radius 2 is 2.47 bits per heavy atom. The van der Waals surface area contributed by atoms with Gasteiger partial charge < -0.3 is 10.1 Å². The van der Waals surface area contributed by atoms with E-state index in [0.29, 0.717) is 23.6 Å². The zero-order valence-electron chi connectivity index (χ0n) is 8.28. The third-order valence-corrected chi connectivity index (χ3v) is 2.28. The van der Waals surface area contributed by atoms with Crippen molar-refractivity contribution in [3.63, 3.8) is 0 Å². The number of ketones is 1. The van der Waals surface area contributed by atoms with Gasteiger partial charge in [-0.2, -0.15) is 5.26 Å². The topological polar surface area (TPSA) is 62.1 Å². The predicted octanol–water partition coefficient (Wildman–Crippen LogP) is 1.59. The van der Waals surface area contributed by atoms with Gasteiger partial charge in [0.25, 0.3) is 0 Å². The minimum Gasteiger partial charge on any atom is -0.488 e. The molecule has 4 heteroatoms. The molecule has 1 heterocycles. The van der Waals surface area contributed by atoms with E-state index in [1.165, 1.54) is 6.92 Å². The zero-order valence-corrected chi connectivity index (χ0v) is 8.28. The van der Waals surface area contributed by atoms with Crippen LogP contribution >= 0.6 is 0 Å². The van der Waals surface area contributed by atoms with Crippen molar-refractivity contribution < 1.29 is 9.53 Å². The Bertz CT molecular complexity index is 448. The van der Waals surface area contributed by atoms with E-state index in [4.69, 9.17) is 10.00 Å². The highest BCUT2D eigenvalue weighted by molar-refractivity contribution is 5.95. The highest BCUT2D eigenvalue weighted by Crippen LogP contribution is 2.29. The van der Waals surface area contributed by atoms with Gasteiger partial charge in [0.05, 0.1) is 11.8 Å². The lowest BCUT2D eigenvalue weighted by atomic mass is 10.1. The quantitative estimate of drug-likeness (QED) is 0.702. The van der Waals surface area contributed by atoms with Gasteiger partial charge in [-0.3, -0.25) is 4.79 Å². The third-order valence-electron chi connectivity index (χ3n) is 2.28. The summed E-state index contributed by atoms with van der Waals surface area (Å²) in [5, 5.41) is 11.7. The summed E-state index contributed by atoms with van der Waals surface area (Å²) in [5.74, 6) is 0.685. The van der Waals surface area contributed by atoms with Crippen molar-refractivity contribution >= 4 is 11.5 Å². The van der Waals surface area contributed by atoms with Gasteiger partial charge in [-0.15, -0.1) is 0 Å². The lowest BCUT2D eigenvalue weighted by Gasteiger charge is -2.23. The lowest BCUT2D eigenvalue weighted by molar-refractivity contribution is 0.101. The van der Waals surface area contributed by atoms with Crippen molar-refractivity contribution in [2.45, 2.75) is 13.0 Å². The van der Waals surface area contributed by atoms with E-state index >= 15 is 0 Å². The first-order chi connectivity index (χ1) is 7.20. The van der Waals surface area contributed by atoms with Crippen LogP contribution in [0.3, 0.4) is 0 Å². The molecule has 1 unspecified atom stereocenters. The fourth-order valence-electron chi connectivity index (χ4n) is 1.46. The van der Waals surface area contributed by atoms with Gasteiger partial charge in [-0.1, -0.05) is 0 Å². The summed E-state index contributed by atoms with van der Waals surface area (Å²) in [4.78, 5) is 11.1. The molecule has 1 atom stereocenters. The first kappa shape index (κ1) is 9.53. The maximum absolute atomic E-state index is 11.1. The Morgan fingerprint density at radius 1 is 1.67 bits per heavy atom. The molecule has 2 rings (SSSR count). The minimum absolute atomic E-state index is 0.00122. The van der Waals surface area contributed by atoms with Crippen molar-refractivity contribution in [2.24, 2.45) is 0 Å². The molecule has 0 radical (unpaired) electrons. The summed E-state index contributed by atoms with van der Waals surface area (Å²) in [6.07, 6.45) is 0. The molecule has 0 saturated heterocycles. The number of carbonyl (C=O) groups excluding carboxylic acids is 1. The van der Waals surface area contributed by atoms with Crippen molar-refractivity contribution in [3.8, 4) is 11.8 Å². The fourth-order valence-corrected chi connectivity index (χ4v) is 1.46. The number of carbonyl (C=O) groups is 1. The standard InChI is InChI=1S/C11H10N2O2/c1-7(14)8-2-3-11-10(4-8)13-9(5-12)6-15-11/h2-4,9,13H,6H2,1H3. The molecule has 15 heavy (non-hydrogen) atoms. The van der Waals surface area contributed by atoms with Crippen molar-refractivity contribution in [2.75, 3.05) is 11.9 Å². The highest BCUT2D eigenvalue weighted by atomic mass is 16.5. The Kier molecular flexibility index (Phi) is 2.30. The van der Waals surface area contributed by atoms with Gasteiger partial charge in [0.1, 0.15) is 18.4 Å². The summed E-state index contributed by atoms with van der Waals surface area (Å²) in [6.45, 7) is 1.84. The van der Waals surface area contributed by atoms with E-state index in [-0.39, 0.29) is 11.8 Å².